The van der Waals surface area contributed by atoms with Crippen LogP contribution in [-0.2, 0) is 9.53 Å². The van der Waals surface area contributed by atoms with Crippen LogP contribution in [0.15, 0.2) is 35.3 Å². The normalized spacial score (nSPS) is 22.2. The lowest BCUT2D eigenvalue weighted by Gasteiger charge is -2.29. The van der Waals surface area contributed by atoms with E-state index in [4.69, 9.17) is 4.74 Å². The standard InChI is InChI=1S/C22H34N4O2/c1-17(18-7-5-4-6-8-18)24-22(23-15-21(27)25(2)3)26-12-9-20(16-26)19-10-13-28-14-11-19/h4-8,17,19-20H,9-16H2,1-3H3,(H,23,24). The molecule has 0 aromatic heterocycles. The fourth-order valence-electron chi connectivity index (χ4n) is 4.09. The van der Waals surface area contributed by atoms with Gasteiger partial charge in [-0.25, -0.2) is 4.99 Å². The fourth-order valence-corrected chi connectivity index (χ4v) is 4.09. The van der Waals surface area contributed by atoms with Crippen molar-refractivity contribution >= 4 is 11.9 Å². The molecule has 2 atom stereocenters. The van der Waals surface area contributed by atoms with E-state index in [1.54, 1.807) is 19.0 Å². The van der Waals surface area contributed by atoms with Crippen molar-refractivity contribution in [2.75, 3.05) is 46.9 Å². The van der Waals surface area contributed by atoms with Crippen LogP contribution in [0.1, 0.15) is 37.8 Å². The van der Waals surface area contributed by atoms with Gasteiger partial charge in [0.2, 0.25) is 5.91 Å². The van der Waals surface area contributed by atoms with Crippen LogP contribution in [0.3, 0.4) is 0 Å². The Morgan fingerprint density at radius 3 is 2.61 bits per heavy atom. The molecule has 0 saturated carbocycles. The van der Waals surface area contributed by atoms with Crippen LogP contribution in [0, 0.1) is 11.8 Å². The van der Waals surface area contributed by atoms with Crippen molar-refractivity contribution in [2.24, 2.45) is 16.8 Å². The Balaban J connectivity index is 1.68. The molecule has 0 spiro atoms. The molecule has 28 heavy (non-hydrogen) atoms. The molecule has 0 aliphatic carbocycles. The summed E-state index contributed by atoms with van der Waals surface area (Å²) >= 11 is 0. The molecule has 1 amide bonds. The molecule has 2 aliphatic rings. The predicted molar refractivity (Wildman–Crippen MR) is 112 cm³/mol. The van der Waals surface area contributed by atoms with Gasteiger partial charge < -0.3 is 19.9 Å². The van der Waals surface area contributed by atoms with Crippen LogP contribution in [0.5, 0.6) is 0 Å². The molecule has 1 aromatic carbocycles. The molecular weight excluding hydrogens is 352 g/mol. The number of carbonyl (C=O) groups is 1. The Bertz CT molecular complexity index is 656. The smallest absolute Gasteiger partial charge is 0.243 e. The molecular formula is C22H34N4O2. The average molecular weight is 387 g/mol. The predicted octanol–water partition coefficient (Wildman–Crippen LogP) is 2.53. The van der Waals surface area contributed by atoms with E-state index in [0.717, 1.165) is 51.0 Å². The first-order chi connectivity index (χ1) is 13.5. The molecule has 2 fully saturated rings. The number of rotatable bonds is 5. The summed E-state index contributed by atoms with van der Waals surface area (Å²) in [4.78, 5) is 20.7. The number of carbonyl (C=O) groups excluding carboxylic acids is 1. The van der Waals surface area contributed by atoms with Crippen LogP contribution in [0.2, 0.25) is 0 Å². The fraction of sp³-hybridized carbons (Fsp3) is 0.636. The van der Waals surface area contributed by atoms with Gasteiger partial charge in [-0.15, -0.1) is 0 Å². The van der Waals surface area contributed by atoms with Crippen LogP contribution < -0.4 is 5.32 Å². The molecule has 2 saturated heterocycles. The highest BCUT2D eigenvalue weighted by Crippen LogP contribution is 2.31. The average Bonchev–Trinajstić information content (AvgIpc) is 3.22. The lowest BCUT2D eigenvalue weighted by Crippen LogP contribution is -2.42. The third-order valence-corrected chi connectivity index (χ3v) is 5.96. The van der Waals surface area contributed by atoms with E-state index in [2.05, 4.69) is 46.4 Å². The Morgan fingerprint density at radius 2 is 1.93 bits per heavy atom. The van der Waals surface area contributed by atoms with Gasteiger partial charge in [0.1, 0.15) is 6.54 Å². The molecule has 6 nitrogen and oxygen atoms in total. The highest BCUT2D eigenvalue weighted by atomic mass is 16.5. The molecule has 154 valence electrons. The number of likely N-dealkylation sites (N-methyl/N-ethyl adjacent to an activating group) is 1. The van der Waals surface area contributed by atoms with E-state index in [1.165, 1.54) is 12.0 Å². The first-order valence-corrected chi connectivity index (χ1v) is 10.4. The molecule has 2 unspecified atom stereocenters. The van der Waals surface area contributed by atoms with E-state index in [0.29, 0.717) is 5.92 Å². The Hall–Kier alpha value is -2.08. The summed E-state index contributed by atoms with van der Waals surface area (Å²) in [6, 6.07) is 10.5. The third-order valence-electron chi connectivity index (χ3n) is 5.96. The summed E-state index contributed by atoms with van der Waals surface area (Å²) in [5.41, 5.74) is 1.22. The topological polar surface area (TPSA) is 57.2 Å². The second-order valence-corrected chi connectivity index (χ2v) is 8.15. The molecule has 0 radical (unpaired) electrons. The number of likely N-dealkylation sites (tertiary alicyclic amines) is 1. The van der Waals surface area contributed by atoms with Crippen molar-refractivity contribution in [3.8, 4) is 0 Å². The van der Waals surface area contributed by atoms with Crippen molar-refractivity contribution in [3.05, 3.63) is 35.9 Å². The summed E-state index contributed by atoms with van der Waals surface area (Å²) in [6.07, 6.45) is 3.52. The zero-order chi connectivity index (χ0) is 19.9. The van der Waals surface area contributed by atoms with Gasteiger partial charge in [-0.3, -0.25) is 4.79 Å². The minimum absolute atomic E-state index is 0.0202. The number of amides is 1. The van der Waals surface area contributed by atoms with Crippen LogP contribution >= 0.6 is 0 Å². The van der Waals surface area contributed by atoms with E-state index in [9.17, 15) is 4.79 Å². The van der Waals surface area contributed by atoms with Crippen molar-refractivity contribution in [1.29, 1.82) is 0 Å². The number of ether oxygens (including phenoxy) is 1. The van der Waals surface area contributed by atoms with Gasteiger partial charge in [0, 0.05) is 40.4 Å². The highest BCUT2D eigenvalue weighted by molar-refractivity contribution is 5.85. The number of benzene rings is 1. The summed E-state index contributed by atoms with van der Waals surface area (Å²) in [5.74, 6) is 2.30. The van der Waals surface area contributed by atoms with Crippen molar-refractivity contribution in [2.45, 2.75) is 32.2 Å². The quantitative estimate of drug-likeness (QED) is 0.624. The van der Waals surface area contributed by atoms with Crippen LogP contribution in [0.25, 0.3) is 0 Å². The highest BCUT2D eigenvalue weighted by Gasteiger charge is 2.32. The Morgan fingerprint density at radius 1 is 1.21 bits per heavy atom. The third kappa shape index (κ3) is 5.47. The summed E-state index contributed by atoms with van der Waals surface area (Å²) < 4.78 is 5.53. The van der Waals surface area contributed by atoms with E-state index >= 15 is 0 Å². The van der Waals surface area contributed by atoms with Crippen molar-refractivity contribution in [3.63, 3.8) is 0 Å². The number of nitrogens with one attached hydrogen (secondary N) is 1. The first-order valence-electron chi connectivity index (χ1n) is 10.4. The second-order valence-electron chi connectivity index (χ2n) is 8.15. The minimum atomic E-state index is 0.0202. The van der Waals surface area contributed by atoms with Gasteiger partial charge in [-0.2, -0.15) is 0 Å². The van der Waals surface area contributed by atoms with Crippen molar-refractivity contribution in [1.82, 2.24) is 15.1 Å². The lowest BCUT2D eigenvalue weighted by molar-refractivity contribution is -0.127. The van der Waals surface area contributed by atoms with E-state index < -0.39 is 0 Å². The monoisotopic (exact) mass is 386 g/mol. The van der Waals surface area contributed by atoms with Crippen molar-refractivity contribution < 1.29 is 9.53 Å². The first kappa shape index (κ1) is 20.6. The Labute approximate surface area is 168 Å². The molecule has 3 rings (SSSR count). The van der Waals surface area contributed by atoms with Crippen LogP contribution in [0.4, 0.5) is 0 Å². The zero-order valence-corrected chi connectivity index (χ0v) is 17.4. The molecule has 2 aliphatic heterocycles. The van der Waals surface area contributed by atoms with E-state index in [-0.39, 0.29) is 18.5 Å². The SMILES string of the molecule is CC(NC(=NCC(=O)N(C)C)N1CCC(C2CCOCC2)C1)c1ccccc1. The van der Waals surface area contributed by atoms with Gasteiger partial charge in [-0.1, -0.05) is 30.3 Å². The molecule has 6 heteroatoms. The second kappa shape index (κ2) is 9.92. The maximum absolute atomic E-state index is 12.1. The number of guanidine groups is 1. The summed E-state index contributed by atoms with van der Waals surface area (Å²) in [6.45, 7) is 6.10. The zero-order valence-electron chi connectivity index (χ0n) is 17.4. The molecule has 0 bridgehead atoms. The number of hydrogen-bond donors (Lipinski definition) is 1. The van der Waals surface area contributed by atoms with Gasteiger partial charge >= 0.3 is 0 Å². The summed E-state index contributed by atoms with van der Waals surface area (Å²) in [5, 5.41) is 3.57. The van der Waals surface area contributed by atoms with Gasteiger partial charge in [0.25, 0.3) is 0 Å². The number of aliphatic imine (C=N–C) groups is 1. The molecule has 1 aromatic rings. The molecule has 1 N–H and O–H groups in total. The molecule has 2 heterocycles. The number of hydrogen-bond acceptors (Lipinski definition) is 3. The number of nitrogens with zero attached hydrogens (tertiary/aromatic N) is 3. The van der Waals surface area contributed by atoms with E-state index in [1.807, 2.05) is 6.07 Å². The van der Waals surface area contributed by atoms with Gasteiger partial charge in [-0.05, 0) is 43.6 Å². The van der Waals surface area contributed by atoms with Gasteiger partial charge in [0.15, 0.2) is 5.96 Å². The minimum Gasteiger partial charge on any atom is -0.381 e. The van der Waals surface area contributed by atoms with Gasteiger partial charge in [0.05, 0.1) is 6.04 Å². The maximum Gasteiger partial charge on any atom is 0.243 e. The maximum atomic E-state index is 12.1. The lowest BCUT2D eigenvalue weighted by atomic mass is 9.85. The van der Waals surface area contributed by atoms with Crippen LogP contribution in [-0.4, -0.2) is 68.6 Å². The Kier molecular flexibility index (Phi) is 7.31. The largest absolute Gasteiger partial charge is 0.381 e. The summed E-state index contributed by atoms with van der Waals surface area (Å²) in [7, 11) is 3.54.